The molecule has 0 radical (unpaired) electrons. The standard InChI is InChI=1S/C10H11NOS/c1-6-4-10-8(5-9(6)12-3)11-7(2)13-10/h4-5H,1-3H3. The van der Waals surface area contributed by atoms with Crippen molar-refractivity contribution in [2.45, 2.75) is 13.8 Å². The first-order valence-corrected chi connectivity index (χ1v) is 4.94. The highest BCUT2D eigenvalue weighted by atomic mass is 32.1. The van der Waals surface area contributed by atoms with E-state index >= 15 is 0 Å². The number of aryl methyl sites for hydroxylation is 2. The van der Waals surface area contributed by atoms with Crippen molar-refractivity contribution < 1.29 is 4.74 Å². The zero-order valence-corrected chi connectivity index (χ0v) is 8.73. The Kier molecular flexibility index (Phi) is 1.96. The lowest BCUT2D eigenvalue weighted by atomic mass is 10.2. The maximum absolute atomic E-state index is 5.23. The van der Waals surface area contributed by atoms with Crippen LogP contribution in [0.3, 0.4) is 0 Å². The largest absolute Gasteiger partial charge is 0.496 e. The fourth-order valence-electron chi connectivity index (χ4n) is 1.39. The molecule has 1 heterocycles. The van der Waals surface area contributed by atoms with Gasteiger partial charge in [-0.25, -0.2) is 4.98 Å². The summed E-state index contributed by atoms with van der Waals surface area (Å²) in [4.78, 5) is 4.40. The lowest BCUT2D eigenvalue weighted by Crippen LogP contribution is -1.86. The Labute approximate surface area is 81.2 Å². The quantitative estimate of drug-likeness (QED) is 0.694. The predicted molar refractivity (Wildman–Crippen MR) is 55.6 cm³/mol. The van der Waals surface area contributed by atoms with E-state index in [9.17, 15) is 0 Å². The Morgan fingerprint density at radius 2 is 2.08 bits per heavy atom. The number of ether oxygens (including phenoxy) is 1. The third kappa shape index (κ3) is 1.40. The topological polar surface area (TPSA) is 22.1 Å². The van der Waals surface area contributed by atoms with E-state index in [0.717, 1.165) is 16.3 Å². The normalized spacial score (nSPS) is 10.7. The average molecular weight is 193 g/mol. The van der Waals surface area contributed by atoms with Gasteiger partial charge in [-0.3, -0.25) is 0 Å². The Hall–Kier alpha value is -1.09. The van der Waals surface area contributed by atoms with Crippen LogP contribution < -0.4 is 4.74 Å². The van der Waals surface area contributed by atoms with Crippen molar-refractivity contribution in [2.75, 3.05) is 7.11 Å². The summed E-state index contributed by atoms with van der Waals surface area (Å²) in [5.41, 5.74) is 2.20. The number of benzene rings is 1. The van der Waals surface area contributed by atoms with Gasteiger partial charge in [-0.1, -0.05) is 0 Å². The maximum atomic E-state index is 5.23. The highest BCUT2D eigenvalue weighted by molar-refractivity contribution is 7.18. The summed E-state index contributed by atoms with van der Waals surface area (Å²) >= 11 is 1.72. The fraction of sp³-hybridized carbons (Fsp3) is 0.300. The molecule has 1 aromatic heterocycles. The van der Waals surface area contributed by atoms with Gasteiger partial charge in [0.25, 0.3) is 0 Å². The molecule has 2 nitrogen and oxygen atoms in total. The molecule has 0 fully saturated rings. The molecule has 0 atom stereocenters. The van der Waals surface area contributed by atoms with Crippen LogP contribution in [0.5, 0.6) is 5.75 Å². The van der Waals surface area contributed by atoms with Gasteiger partial charge in [0, 0.05) is 6.07 Å². The van der Waals surface area contributed by atoms with Crippen LogP contribution in [-0.2, 0) is 0 Å². The van der Waals surface area contributed by atoms with Crippen LogP contribution in [0.1, 0.15) is 10.6 Å². The average Bonchev–Trinajstić information content (AvgIpc) is 2.42. The second-order valence-corrected chi connectivity index (χ2v) is 4.26. The molecule has 2 rings (SSSR count). The Bertz CT molecular complexity index is 447. The zero-order chi connectivity index (χ0) is 9.42. The SMILES string of the molecule is COc1cc2nc(C)sc2cc1C. The van der Waals surface area contributed by atoms with E-state index in [1.165, 1.54) is 10.3 Å². The zero-order valence-electron chi connectivity index (χ0n) is 7.92. The first kappa shape index (κ1) is 8.51. The van der Waals surface area contributed by atoms with E-state index < -0.39 is 0 Å². The number of hydrogen-bond donors (Lipinski definition) is 0. The van der Waals surface area contributed by atoms with E-state index in [0.29, 0.717) is 0 Å². The molecular weight excluding hydrogens is 182 g/mol. The van der Waals surface area contributed by atoms with E-state index in [2.05, 4.69) is 11.1 Å². The molecule has 68 valence electrons. The third-order valence-electron chi connectivity index (χ3n) is 2.01. The summed E-state index contributed by atoms with van der Waals surface area (Å²) in [6.45, 7) is 4.07. The number of thiazole rings is 1. The number of fused-ring (bicyclic) bond motifs is 1. The summed E-state index contributed by atoms with van der Waals surface area (Å²) in [6.07, 6.45) is 0. The van der Waals surface area contributed by atoms with Crippen molar-refractivity contribution in [1.82, 2.24) is 4.98 Å². The molecule has 0 aliphatic heterocycles. The van der Waals surface area contributed by atoms with E-state index in [1.807, 2.05) is 19.9 Å². The molecule has 13 heavy (non-hydrogen) atoms. The molecule has 0 aliphatic carbocycles. The second kappa shape index (κ2) is 3.00. The summed E-state index contributed by atoms with van der Waals surface area (Å²) in [7, 11) is 1.69. The van der Waals surface area contributed by atoms with Crippen LogP contribution in [0, 0.1) is 13.8 Å². The number of aromatic nitrogens is 1. The van der Waals surface area contributed by atoms with Gasteiger partial charge in [0.1, 0.15) is 5.75 Å². The van der Waals surface area contributed by atoms with Crippen molar-refractivity contribution in [3.63, 3.8) is 0 Å². The highest BCUT2D eigenvalue weighted by Gasteiger charge is 2.04. The van der Waals surface area contributed by atoms with Gasteiger partial charge in [0.2, 0.25) is 0 Å². The fourth-order valence-corrected chi connectivity index (χ4v) is 2.30. The molecule has 3 heteroatoms. The monoisotopic (exact) mass is 193 g/mol. The molecular formula is C10H11NOS. The van der Waals surface area contributed by atoms with E-state index in [-0.39, 0.29) is 0 Å². The third-order valence-corrected chi connectivity index (χ3v) is 2.95. The minimum Gasteiger partial charge on any atom is -0.496 e. The van der Waals surface area contributed by atoms with Gasteiger partial charge in [-0.05, 0) is 25.5 Å². The van der Waals surface area contributed by atoms with Crippen LogP contribution in [0.2, 0.25) is 0 Å². The van der Waals surface area contributed by atoms with Crippen molar-refractivity contribution in [3.8, 4) is 5.75 Å². The van der Waals surface area contributed by atoms with Gasteiger partial charge >= 0.3 is 0 Å². The predicted octanol–water partition coefficient (Wildman–Crippen LogP) is 2.92. The van der Waals surface area contributed by atoms with Crippen LogP contribution in [-0.4, -0.2) is 12.1 Å². The molecule has 0 spiro atoms. The minimum atomic E-state index is 0.915. The lowest BCUT2D eigenvalue weighted by molar-refractivity contribution is 0.412. The molecule has 1 aromatic carbocycles. The number of nitrogens with zero attached hydrogens (tertiary/aromatic N) is 1. The van der Waals surface area contributed by atoms with Crippen molar-refractivity contribution in [1.29, 1.82) is 0 Å². The molecule has 0 N–H and O–H groups in total. The van der Waals surface area contributed by atoms with E-state index in [1.54, 1.807) is 18.4 Å². The number of hydrogen-bond acceptors (Lipinski definition) is 3. The highest BCUT2D eigenvalue weighted by Crippen LogP contribution is 2.28. The summed E-state index contributed by atoms with van der Waals surface area (Å²) in [6, 6.07) is 4.12. The minimum absolute atomic E-state index is 0.915. The molecule has 0 saturated carbocycles. The summed E-state index contributed by atoms with van der Waals surface area (Å²) in [5, 5.41) is 1.10. The molecule has 0 amide bonds. The Balaban J connectivity index is 2.72. The van der Waals surface area contributed by atoms with E-state index in [4.69, 9.17) is 4.74 Å². The Morgan fingerprint density at radius 3 is 2.77 bits per heavy atom. The van der Waals surface area contributed by atoms with Gasteiger partial charge in [-0.2, -0.15) is 0 Å². The smallest absolute Gasteiger partial charge is 0.124 e. The lowest BCUT2D eigenvalue weighted by Gasteiger charge is -2.02. The molecule has 2 aromatic rings. The van der Waals surface area contributed by atoms with Gasteiger partial charge in [-0.15, -0.1) is 11.3 Å². The van der Waals surface area contributed by atoms with Crippen LogP contribution >= 0.6 is 11.3 Å². The Morgan fingerprint density at radius 1 is 1.31 bits per heavy atom. The van der Waals surface area contributed by atoms with Gasteiger partial charge in [0.05, 0.1) is 22.3 Å². The second-order valence-electron chi connectivity index (χ2n) is 3.02. The van der Waals surface area contributed by atoms with Crippen molar-refractivity contribution in [3.05, 3.63) is 22.7 Å². The molecule has 0 unspecified atom stereocenters. The van der Waals surface area contributed by atoms with Crippen LogP contribution in [0.25, 0.3) is 10.2 Å². The summed E-state index contributed by atoms with van der Waals surface area (Å²) in [5.74, 6) is 0.915. The van der Waals surface area contributed by atoms with Crippen LogP contribution in [0.4, 0.5) is 0 Å². The van der Waals surface area contributed by atoms with Crippen LogP contribution in [0.15, 0.2) is 12.1 Å². The first-order chi connectivity index (χ1) is 6.20. The van der Waals surface area contributed by atoms with Gasteiger partial charge < -0.3 is 4.74 Å². The van der Waals surface area contributed by atoms with Gasteiger partial charge in [0.15, 0.2) is 0 Å². The first-order valence-electron chi connectivity index (χ1n) is 4.12. The maximum Gasteiger partial charge on any atom is 0.124 e. The summed E-state index contributed by atoms with van der Waals surface area (Å²) < 4.78 is 6.46. The number of rotatable bonds is 1. The number of methoxy groups -OCH3 is 1. The van der Waals surface area contributed by atoms with Crippen molar-refractivity contribution >= 4 is 21.6 Å². The van der Waals surface area contributed by atoms with Crippen molar-refractivity contribution in [2.24, 2.45) is 0 Å². The molecule has 0 aliphatic rings. The molecule has 0 bridgehead atoms. The molecule has 0 saturated heterocycles.